The normalized spacial score (nSPS) is 11.9. The van der Waals surface area contributed by atoms with Crippen LogP contribution in [0, 0.1) is 6.92 Å². The molecular formula is C10H15N3O4. The summed E-state index contributed by atoms with van der Waals surface area (Å²) >= 11 is 0. The topological polar surface area (TPSA) is 93.6 Å². The Balaban J connectivity index is 2.72. The molecule has 7 heteroatoms. The predicted octanol–water partition coefficient (Wildman–Crippen LogP) is 0.305. The number of aliphatic carboxylic acids is 1. The first-order valence-corrected chi connectivity index (χ1v) is 4.95. The number of hydrogen-bond acceptors (Lipinski definition) is 6. The fourth-order valence-corrected chi connectivity index (χ4v) is 1.28. The Labute approximate surface area is 98.8 Å². The van der Waals surface area contributed by atoms with E-state index >= 15 is 0 Å². The molecule has 0 aliphatic carbocycles. The van der Waals surface area contributed by atoms with Gasteiger partial charge < -0.3 is 19.9 Å². The second-order valence-corrected chi connectivity index (χ2v) is 3.30. The number of nitrogens with zero attached hydrogens (tertiary/aromatic N) is 2. The SMILES string of the molecule is COc1ncnc(NCC(OC)C(=O)O)c1C. The van der Waals surface area contributed by atoms with Crippen molar-refractivity contribution in [1.82, 2.24) is 9.97 Å². The Morgan fingerprint density at radius 2 is 2.24 bits per heavy atom. The van der Waals surface area contributed by atoms with Crippen LogP contribution >= 0.6 is 0 Å². The summed E-state index contributed by atoms with van der Waals surface area (Å²) in [5.74, 6) is -0.0504. The molecule has 1 aromatic rings. The van der Waals surface area contributed by atoms with E-state index < -0.39 is 12.1 Å². The molecule has 94 valence electrons. The molecule has 1 unspecified atom stereocenters. The van der Waals surface area contributed by atoms with Gasteiger partial charge in [-0.05, 0) is 6.92 Å². The number of carboxylic acid groups (broad SMARTS) is 1. The third-order valence-electron chi connectivity index (χ3n) is 2.25. The molecule has 0 saturated carbocycles. The van der Waals surface area contributed by atoms with E-state index in [-0.39, 0.29) is 6.54 Å². The molecule has 1 atom stereocenters. The average Bonchev–Trinajstić information content (AvgIpc) is 2.31. The molecule has 1 rings (SSSR count). The van der Waals surface area contributed by atoms with E-state index in [2.05, 4.69) is 15.3 Å². The summed E-state index contributed by atoms with van der Waals surface area (Å²) in [4.78, 5) is 18.7. The van der Waals surface area contributed by atoms with Crippen molar-refractivity contribution >= 4 is 11.8 Å². The van der Waals surface area contributed by atoms with E-state index in [0.29, 0.717) is 11.7 Å². The van der Waals surface area contributed by atoms with Gasteiger partial charge in [-0.15, -0.1) is 0 Å². The fourth-order valence-electron chi connectivity index (χ4n) is 1.28. The molecular weight excluding hydrogens is 226 g/mol. The van der Waals surface area contributed by atoms with Crippen molar-refractivity contribution in [2.75, 3.05) is 26.1 Å². The minimum atomic E-state index is -1.03. The van der Waals surface area contributed by atoms with Crippen LogP contribution < -0.4 is 10.1 Å². The highest BCUT2D eigenvalue weighted by atomic mass is 16.5. The molecule has 0 radical (unpaired) electrons. The number of ether oxygens (including phenoxy) is 2. The van der Waals surface area contributed by atoms with E-state index in [4.69, 9.17) is 14.6 Å². The van der Waals surface area contributed by atoms with Crippen LogP contribution in [0.3, 0.4) is 0 Å². The van der Waals surface area contributed by atoms with Crippen LogP contribution in [0.25, 0.3) is 0 Å². The summed E-state index contributed by atoms with van der Waals surface area (Å²) in [5, 5.41) is 11.7. The van der Waals surface area contributed by atoms with Gasteiger partial charge in [0, 0.05) is 7.11 Å². The first kappa shape index (κ1) is 13.2. The van der Waals surface area contributed by atoms with Gasteiger partial charge in [-0.3, -0.25) is 0 Å². The lowest BCUT2D eigenvalue weighted by atomic mass is 10.3. The zero-order chi connectivity index (χ0) is 12.8. The molecule has 0 amide bonds. The molecule has 0 bridgehead atoms. The van der Waals surface area contributed by atoms with Gasteiger partial charge >= 0.3 is 5.97 Å². The third-order valence-corrected chi connectivity index (χ3v) is 2.25. The van der Waals surface area contributed by atoms with Gasteiger partial charge in [0.1, 0.15) is 12.1 Å². The first-order valence-electron chi connectivity index (χ1n) is 4.95. The maximum absolute atomic E-state index is 10.7. The summed E-state index contributed by atoms with van der Waals surface area (Å²) in [6.07, 6.45) is 0.423. The van der Waals surface area contributed by atoms with Gasteiger partial charge in [-0.1, -0.05) is 0 Å². The molecule has 1 heterocycles. The maximum atomic E-state index is 10.7. The van der Waals surface area contributed by atoms with E-state index in [1.54, 1.807) is 6.92 Å². The molecule has 0 saturated heterocycles. The molecule has 0 aromatic carbocycles. The first-order chi connectivity index (χ1) is 8.10. The second-order valence-electron chi connectivity index (χ2n) is 3.30. The van der Waals surface area contributed by atoms with Crippen molar-refractivity contribution < 1.29 is 19.4 Å². The van der Waals surface area contributed by atoms with Crippen LogP contribution in [0.5, 0.6) is 5.88 Å². The lowest BCUT2D eigenvalue weighted by Gasteiger charge is -2.14. The average molecular weight is 241 g/mol. The summed E-state index contributed by atoms with van der Waals surface area (Å²) < 4.78 is 9.82. The highest BCUT2D eigenvalue weighted by Crippen LogP contribution is 2.19. The highest BCUT2D eigenvalue weighted by Gasteiger charge is 2.17. The van der Waals surface area contributed by atoms with Crippen LogP contribution in [0.1, 0.15) is 5.56 Å². The molecule has 7 nitrogen and oxygen atoms in total. The second kappa shape index (κ2) is 6.00. The highest BCUT2D eigenvalue weighted by molar-refractivity contribution is 5.73. The number of hydrogen-bond donors (Lipinski definition) is 2. The van der Waals surface area contributed by atoms with Crippen molar-refractivity contribution in [3.05, 3.63) is 11.9 Å². The standard InChI is InChI=1S/C10H15N3O4/c1-6-8(12-5-13-9(6)17-3)11-4-7(16-2)10(14)15/h5,7H,4H2,1-3H3,(H,14,15)(H,11,12,13). The molecule has 0 spiro atoms. The monoisotopic (exact) mass is 241 g/mol. The van der Waals surface area contributed by atoms with Gasteiger partial charge in [-0.25, -0.2) is 14.8 Å². The Bertz CT molecular complexity index is 397. The summed E-state index contributed by atoms with van der Waals surface area (Å²) in [6, 6.07) is 0. The molecule has 1 aromatic heterocycles. The van der Waals surface area contributed by atoms with E-state index in [9.17, 15) is 4.79 Å². The predicted molar refractivity (Wildman–Crippen MR) is 60.2 cm³/mol. The van der Waals surface area contributed by atoms with Crippen LogP contribution in [0.2, 0.25) is 0 Å². The molecule has 0 aliphatic heterocycles. The minimum absolute atomic E-state index is 0.118. The number of rotatable bonds is 6. The zero-order valence-corrected chi connectivity index (χ0v) is 9.93. The largest absolute Gasteiger partial charge is 0.481 e. The molecule has 0 aliphatic rings. The maximum Gasteiger partial charge on any atom is 0.334 e. The lowest BCUT2D eigenvalue weighted by molar-refractivity contribution is -0.147. The van der Waals surface area contributed by atoms with E-state index in [1.807, 2.05) is 0 Å². The Kier molecular flexibility index (Phi) is 4.65. The minimum Gasteiger partial charge on any atom is -0.481 e. The Morgan fingerprint density at radius 3 is 2.76 bits per heavy atom. The van der Waals surface area contributed by atoms with Crippen molar-refractivity contribution in [1.29, 1.82) is 0 Å². The third kappa shape index (κ3) is 3.28. The molecule has 0 fully saturated rings. The van der Waals surface area contributed by atoms with Crippen molar-refractivity contribution in [3.8, 4) is 5.88 Å². The summed E-state index contributed by atoms with van der Waals surface area (Å²) in [7, 11) is 2.85. The van der Waals surface area contributed by atoms with E-state index in [0.717, 1.165) is 5.56 Å². The van der Waals surface area contributed by atoms with Crippen molar-refractivity contribution in [3.63, 3.8) is 0 Å². The smallest absolute Gasteiger partial charge is 0.334 e. The van der Waals surface area contributed by atoms with Crippen LogP contribution in [-0.4, -0.2) is 47.9 Å². The number of nitrogens with one attached hydrogen (secondary N) is 1. The molecule has 17 heavy (non-hydrogen) atoms. The number of aromatic nitrogens is 2. The van der Waals surface area contributed by atoms with Gasteiger partial charge in [0.25, 0.3) is 0 Å². The van der Waals surface area contributed by atoms with Gasteiger partial charge in [-0.2, -0.15) is 0 Å². The Morgan fingerprint density at radius 1 is 1.53 bits per heavy atom. The number of carbonyl (C=O) groups is 1. The van der Waals surface area contributed by atoms with Gasteiger partial charge in [0.15, 0.2) is 6.10 Å². The lowest BCUT2D eigenvalue weighted by Crippen LogP contribution is -2.30. The number of methoxy groups -OCH3 is 2. The van der Waals surface area contributed by atoms with Crippen molar-refractivity contribution in [2.45, 2.75) is 13.0 Å². The quantitative estimate of drug-likeness (QED) is 0.740. The van der Waals surface area contributed by atoms with Gasteiger partial charge in [0.05, 0.1) is 19.2 Å². The van der Waals surface area contributed by atoms with Crippen LogP contribution in [0.4, 0.5) is 5.82 Å². The molecule has 2 N–H and O–H groups in total. The number of carboxylic acids is 1. The van der Waals surface area contributed by atoms with Gasteiger partial charge in [0.2, 0.25) is 5.88 Å². The number of anilines is 1. The van der Waals surface area contributed by atoms with Crippen LogP contribution in [0.15, 0.2) is 6.33 Å². The van der Waals surface area contributed by atoms with Crippen molar-refractivity contribution in [2.24, 2.45) is 0 Å². The zero-order valence-electron chi connectivity index (χ0n) is 9.93. The van der Waals surface area contributed by atoms with Crippen LogP contribution in [-0.2, 0) is 9.53 Å². The van der Waals surface area contributed by atoms with E-state index in [1.165, 1.54) is 20.5 Å². The fraction of sp³-hybridized carbons (Fsp3) is 0.500. The Hall–Kier alpha value is -1.89. The summed E-state index contributed by atoms with van der Waals surface area (Å²) in [5.41, 5.74) is 0.718. The summed E-state index contributed by atoms with van der Waals surface area (Å²) in [6.45, 7) is 1.90.